The maximum absolute atomic E-state index is 11.7. The first-order valence-corrected chi connectivity index (χ1v) is 8.26. The number of amides is 3. The number of fused-ring (bicyclic) bond motifs is 1. The fraction of sp³-hybridized carbons (Fsp3) is 0.333. The first-order valence-electron chi connectivity index (χ1n) is 7.88. The zero-order valence-electron chi connectivity index (χ0n) is 14.2. The lowest BCUT2D eigenvalue weighted by molar-refractivity contribution is -0.115. The van der Waals surface area contributed by atoms with Crippen molar-refractivity contribution in [2.24, 2.45) is 0 Å². The van der Waals surface area contributed by atoms with E-state index in [-0.39, 0.29) is 11.2 Å². The Balaban J connectivity index is 2.11. The van der Waals surface area contributed by atoms with Crippen molar-refractivity contribution in [1.82, 2.24) is 10.6 Å². The molecule has 0 bridgehead atoms. The first kappa shape index (κ1) is 16.6. The number of rotatable bonds is 2. The van der Waals surface area contributed by atoms with E-state index < -0.39 is 11.9 Å². The number of halogens is 1. The van der Waals surface area contributed by atoms with E-state index in [2.05, 4.69) is 49.3 Å². The van der Waals surface area contributed by atoms with Crippen LogP contribution in [0.3, 0.4) is 0 Å². The van der Waals surface area contributed by atoms with Crippen molar-refractivity contribution in [3.8, 4) is 0 Å². The van der Waals surface area contributed by atoms with Crippen molar-refractivity contribution >= 4 is 40.9 Å². The van der Waals surface area contributed by atoms with E-state index in [0.29, 0.717) is 10.6 Å². The standard InChI is InChI=1S/C18H20ClN3O2/c1-5-22-15-8-13(19)11(7-14-16(23)21-17(24)20-14)6-12(15)10(2)9-18(22,3)4/h6-9H,5H2,1-4H3,(H2,20,21,23,24)/b14-7-. The van der Waals surface area contributed by atoms with Crippen LogP contribution in [0.2, 0.25) is 5.02 Å². The summed E-state index contributed by atoms with van der Waals surface area (Å²) in [7, 11) is 0. The molecule has 2 aliphatic rings. The number of carbonyl (C=O) groups excluding carboxylic acids is 2. The van der Waals surface area contributed by atoms with Crippen LogP contribution in [0, 0.1) is 0 Å². The van der Waals surface area contributed by atoms with E-state index in [1.54, 1.807) is 6.08 Å². The highest BCUT2D eigenvalue weighted by Gasteiger charge is 2.31. The van der Waals surface area contributed by atoms with Gasteiger partial charge in [0.2, 0.25) is 0 Å². The fourth-order valence-electron chi connectivity index (χ4n) is 3.44. The molecule has 5 nitrogen and oxygen atoms in total. The van der Waals surface area contributed by atoms with Crippen LogP contribution in [0.25, 0.3) is 11.6 Å². The van der Waals surface area contributed by atoms with Crippen LogP contribution in [0.15, 0.2) is 23.9 Å². The Morgan fingerprint density at radius 2 is 1.96 bits per heavy atom. The van der Waals surface area contributed by atoms with Crippen molar-refractivity contribution in [2.45, 2.75) is 33.2 Å². The molecule has 1 aromatic rings. The third-order valence-electron chi connectivity index (χ3n) is 4.43. The number of likely N-dealkylation sites (N-methyl/N-ethyl adjacent to an activating group) is 1. The van der Waals surface area contributed by atoms with Crippen molar-refractivity contribution in [3.63, 3.8) is 0 Å². The van der Waals surface area contributed by atoms with Gasteiger partial charge in [-0.3, -0.25) is 10.1 Å². The van der Waals surface area contributed by atoms with E-state index in [0.717, 1.165) is 23.4 Å². The molecule has 1 fully saturated rings. The molecule has 0 spiro atoms. The quantitative estimate of drug-likeness (QED) is 0.636. The number of anilines is 1. The maximum atomic E-state index is 11.7. The summed E-state index contributed by atoms with van der Waals surface area (Å²) in [4.78, 5) is 25.2. The Morgan fingerprint density at radius 3 is 2.54 bits per heavy atom. The van der Waals surface area contributed by atoms with E-state index in [4.69, 9.17) is 11.6 Å². The molecule has 1 aromatic carbocycles. The number of allylic oxidation sites excluding steroid dienone is 1. The lowest BCUT2D eigenvalue weighted by Crippen LogP contribution is -2.44. The summed E-state index contributed by atoms with van der Waals surface area (Å²) in [5.41, 5.74) is 4.13. The van der Waals surface area contributed by atoms with Crippen LogP contribution >= 0.6 is 11.6 Å². The smallest absolute Gasteiger partial charge is 0.326 e. The number of benzene rings is 1. The lowest BCUT2D eigenvalue weighted by Gasteiger charge is -2.43. The fourth-order valence-corrected chi connectivity index (χ4v) is 3.65. The van der Waals surface area contributed by atoms with Gasteiger partial charge in [0.25, 0.3) is 5.91 Å². The molecule has 2 aliphatic heterocycles. The molecule has 0 radical (unpaired) electrons. The van der Waals surface area contributed by atoms with Crippen LogP contribution in [-0.2, 0) is 4.79 Å². The third kappa shape index (κ3) is 2.69. The highest BCUT2D eigenvalue weighted by molar-refractivity contribution is 6.32. The van der Waals surface area contributed by atoms with E-state index in [9.17, 15) is 9.59 Å². The molecule has 1 saturated heterocycles. The molecule has 0 aromatic heterocycles. The number of hydrogen-bond acceptors (Lipinski definition) is 3. The molecule has 126 valence electrons. The molecule has 3 amide bonds. The van der Waals surface area contributed by atoms with Gasteiger partial charge in [-0.15, -0.1) is 0 Å². The van der Waals surface area contributed by atoms with E-state index in [1.165, 1.54) is 0 Å². The summed E-state index contributed by atoms with van der Waals surface area (Å²) in [5, 5.41) is 5.21. The second-order valence-corrected chi connectivity index (χ2v) is 6.99. The van der Waals surface area contributed by atoms with Gasteiger partial charge in [-0.25, -0.2) is 4.79 Å². The van der Waals surface area contributed by atoms with E-state index in [1.807, 2.05) is 12.1 Å². The highest BCUT2D eigenvalue weighted by Crippen LogP contribution is 2.41. The van der Waals surface area contributed by atoms with Gasteiger partial charge < -0.3 is 10.2 Å². The molecular weight excluding hydrogens is 326 g/mol. The van der Waals surface area contributed by atoms with Crippen LogP contribution in [0.1, 0.15) is 38.8 Å². The molecular formula is C18H20ClN3O2. The Hall–Kier alpha value is -2.27. The Morgan fingerprint density at radius 1 is 1.25 bits per heavy atom. The molecule has 0 saturated carbocycles. The van der Waals surface area contributed by atoms with Gasteiger partial charge in [0.1, 0.15) is 5.70 Å². The van der Waals surface area contributed by atoms with Gasteiger partial charge in [-0.2, -0.15) is 0 Å². The number of carbonyl (C=O) groups is 2. The van der Waals surface area contributed by atoms with Gasteiger partial charge in [-0.05, 0) is 57.0 Å². The van der Waals surface area contributed by atoms with Gasteiger partial charge >= 0.3 is 6.03 Å². The van der Waals surface area contributed by atoms with Crippen molar-refractivity contribution in [1.29, 1.82) is 0 Å². The molecule has 0 unspecified atom stereocenters. The van der Waals surface area contributed by atoms with Crippen LogP contribution in [-0.4, -0.2) is 24.0 Å². The average molecular weight is 346 g/mol. The summed E-state index contributed by atoms with van der Waals surface area (Å²) in [5.74, 6) is -0.447. The van der Waals surface area contributed by atoms with Gasteiger partial charge in [-0.1, -0.05) is 17.7 Å². The summed E-state index contributed by atoms with van der Waals surface area (Å²) in [6.45, 7) is 9.39. The molecule has 24 heavy (non-hydrogen) atoms. The van der Waals surface area contributed by atoms with Gasteiger partial charge in [0.05, 0.1) is 5.54 Å². The molecule has 6 heteroatoms. The Bertz CT molecular complexity index is 809. The Labute approximate surface area is 146 Å². The predicted octanol–water partition coefficient (Wildman–Crippen LogP) is 3.54. The zero-order valence-corrected chi connectivity index (χ0v) is 14.9. The molecule has 3 rings (SSSR count). The second-order valence-electron chi connectivity index (χ2n) is 6.58. The highest BCUT2D eigenvalue weighted by atomic mass is 35.5. The molecule has 0 atom stereocenters. The maximum Gasteiger partial charge on any atom is 0.326 e. The monoisotopic (exact) mass is 345 g/mol. The average Bonchev–Trinajstić information content (AvgIpc) is 2.78. The third-order valence-corrected chi connectivity index (χ3v) is 4.76. The van der Waals surface area contributed by atoms with Crippen LogP contribution in [0.4, 0.5) is 10.5 Å². The lowest BCUT2D eigenvalue weighted by atomic mass is 9.88. The normalized spacial score (nSPS) is 20.6. The summed E-state index contributed by atoms with van der Waals surface area (Å²) >= 11 is 6.45. The molecule has 2 N–H and O–H groups in total. The van der Waals surface area contributed by atoms with Crippen molar-refractivity contribution in [3.05, 3.63) is 40.1 Å². The minimum absolute atomic E-state index is 0.0888. The van der Waals surface area contributed by atoms with Crippen LogP contribution in [0.5, 0.6) is 0 Å². The number of nitrogens with one attached hydrogen (secondary N) is 2. The summed E-state index contributed by atoms with van der Waals surface area (Å²) in [6.07, 6.45) is 3.83. The first-order chi connectivity index (χ1) is 11.2. The minimum Gasteiger partial charge on any atom is -0.363 e. The van der Waals surface area contributed by atoms with Crippen LogP contribution < -0.4 is 15.5 Å². The Kier molecular flexibility index (Phi) is 3.92. The molecule has 0 aliphatic carbocycles. The molecule has 2 heterocycles. The number of nitrogens with zero attached hydrogens (tertiary/aromatic N) is 1. The summed E-state index contributed by atoms with van der Waals surface area (Å²) < 4.78 is 0. The zero-order chi connectivity index (χ0) is 17.6. The minimum atomic E-state index is -0.518. The van der Waals surface area contributed by atoms with Crippen molar-refractivity contribution < 1.29 is 9.59 Å². The second kappa shape index (κ2) is 5.67. The number of urea groups is 1. The SMILES string of the molecule is CCN1c2cc(Cl)c(/C=C3\NC(=O)NC3=O)cc2C(C)=CC1(C)C. The predicted molar refractivity (Wildman–Crippen MR) is 96.9 cm³/mol. The summed E-state index contributed by atoms with van der Waals surface area (Å²) in [6, 6.07) is 3.38. The van der Waals surface area contributed by atoms with Crippen molar-refractivity contribution in [2.75, 3.05) is 11.4 Å². The van der Waals surface area contributed by atoms with E-state index >= 15 is 0 Å². The number of hydrogen-bond donors (Lipinski definition) is 2. The van der Waals surface area contributed by atoms with Gasteiger partial charge in [0, 0.05) is 22.8 Å². The number of imide groups is 1. The topological polar surface area (TPSA) is 61.4 Å². The van der Waals surface area contributed by atoms with Gasteiger partial charge in [0.15, 0.2) is 0 Å². The largest absolute Gasteiger partial charge is 0.363 e.